The summed E-state index contributed by atoms with van der Waals surface area (Å²) in [5, 5.41) is 3.38. The SMILES string of the molecule is O=C(NC1C2CC3CC(C2)CC1C3)C1CC(=O)N(CCOc2ccccc2)C1. The van der Waals surface area contributed by atoms with Crippen molar-refractivity contribution in [3.63, 3.8) is 0 Å². The molecule has 5 heteroatoms. The highest BCUT2D eigenvalue weighted by Crippen LogP contribution is 2.53. The number of nitrogens with zero attached hydrogens (tertiary/aromatic N) is 1. The monoisotopic (exact) mass is 382 g/mol. The first-order chi connectivity index (χ1) is 13.7. The number of rotatable bonds is 6. The summed E-state index contributed by atoms with van der Waals surface area (Å²) < 4.78 is 5.70. The van der Waals surface area contributed by atoms with E-state index in [9.17, 15) is 9.59 Å². The Morgan fingerprint density at radius 1 is 1.04 bits per heavy atom. The Labute approximate surface area is 166 Å². The number of carbonyl (C=O) groups is 2. The molecule has 5 nitrogen and oxygen atoms in total. The van der Waals surface area contributed by atoms with Gasteiger partial charge in [0.05, 0.1) is 12.5 Å². The maximum absolute atomic E-state index is 12.9. The summed E-state index contributed by atoms with van der Waals surface area (Å²) in [4.78, 5) is 27.0. The predicted molar refractivity (Wildman–Crippen MR) is 106 cm³/mol. The molecule has 5 aliphatic rings. The fourth-order valence-corrected chi connectivity index (χ4v) is 6.40. The van der Waals surface area contributed by atoms with E-state index in [-0.39, 0.29) is 17.7 Å². The summed E-state index contributed by atoms with van der Waals surface area (Å²) in [7, 11) is 0. The average Bonchev–Trinajstić information content (AvgIpc) is 3.06. The van der Waals surface area contributed by atoms with Gasteiger partial charge in [-0.25, -0.2) is 0 Å². The Morgan fingerprint density at radius 3 is 2.39 bits per heavy atom. The minimum absolute atomic E-state index is 0.0712. The lowest BCUT2D eigenvalue weighted by Gasteiger charge is -2.54. The van der Waals surface area contributed by atoms with E-state index in [1.54, 1.807) is 4.90 Å². The van der Waals surface area contributed by atoms with E-state index in [2.05, 4.69) is 5.32 Å². The molecular formula is C23H30N2O3. The fraction of sp³-hybridized carbons (Fsp3) is 0.652. The minimum atomic E-state index is -0.207. The van der Waals surface area contributed by atoms with E-state index in [1.807, 2.05) is 30.3 Å². The number of para-hydroxylation sites is 1. The van der Waals surface area contributed by atoms with Crippen molar-refractivity contribution < 1.29 is 14.3 Å². The third-order valence-corrected chi connectivity index (χ3v) is 7.49. The first kappa shape index (κ1) is 18.0. The second-order valence-electron chi connectivity index (χ2n) is 9.37. The van der Waals surface area contributed by atoms with Gasteiger partial charge in [0.2, 0.25) is 11.8 Å². The van der Waals surface area contributed by atoms with Crippen molar-refractivity contribution in [2.45, 2.75) is 44.6 Å². The minimum Gasteiger partial charge on any atom is -0.492 e. The largest absolute Gasteiger partial charge is 0.492 e. The maximum atomic E-state index is 12.9. The summed E-state index contributed by atoms with van der Waals surface area (Å²) in [5.74, 6) is 3.93. The van der Waals surface area contributed by atoms with E-state index >= 15 is 0 Å². The Kier molecular flexibility index (Phi) is 4.77. The van der Waals surface area contributed by atoms with Crippen molar-refractivity contribution in [2.75, 3.05) is 19.7 Å². The van der Waals surface area contributed by atoms with E-state index in [1.165, 1.54) is 32.1 Å². The van der Waals surface area contributed by atoms with Gasteiger partial charge in [0.25, 0.3) is 0 Å². The van der Waals surface area contributed by atoms with Crippen molar-refractivity contribution in [1.82, 2.24) is 10.2 Å². The van der Waals surface area contributed by atoms with Crippen LogP contribution in [0.4, 0.5) is 0 Å². The standard InChI is InChI=1S/C23H30N2O3/c26-21-13-19(14-25(21)6-7-28-20-4-2-1-3-5-20)23(27)24-22-17-9-15-8-16(11-17)12-18(22)10-15/h1-5,15-19,22H,6-14H2,(H,24,27). The third-order valence-electron chi connectivity index (χ3n) is 7.49. The summed E-state index contributed by atoms with van der Waals surface area (Å²) in [5.41, 5.74) is 0. The molecule has 0 radical (unpaired) electrons. The Hall–Kier alpha value is -2.04. The second-order valence-corrected chi connectivity index (χ2v) is 9.37. The number of ether oxygens (including phenoxy) is 1. The van der Waals surface area contributed by atoms with Gasteiger partial charge in [-0.1, -0.05) is 18.2 Å². The van der Waals surface area contributed by atoms with Gasteiger partial charge in [-0.05, 0) is 67.9 Å². The van der Waals surface area contributed by atoms with Crippen LogP contribution < -0.4 is 10.1 Å². The highest BCUT2D eigenvalue weighted by Gasteiger charge is 2.49. The smallest absolute Gasteiger partial charge is 0.225 e. The summed E-state index contributed by atoms with van der Waals surface area (Å²) in [6, 6.07) is 9.98. The number of likely N-dealkylation sites (tertiary alicyclic amines) is 1. The van der Waals surface area contributed by atoms with Crippen molar-refractivity contribution in [3.05, 3.63) is 30.3 Å². The molecule has 1 saturated heterocycles. The molecule has 28 heavy (non-hydrogen) atoms. The Bertz CT molecular complexity index is 707. The molecule has 1 unspecified atom stereocenters. The molecular weight excluding hydrogens is 352 g/mol. The lowest BCUT2D eigenvalue weighted by Crippen LogP contribution is -2.56. The first-order valence-corrected chi connectivity index (χ1v) is 10.9. The summed E-state index contributed by atoms with van der Waals surface area (Å²) in [6.07, 6.45) is 6.94. The molecule has 1 heterocycles. The van der Waals surface area contributed by atoms with Crippen LogP contribution in [0.1, 0.15) is 38.5 Å². The molecule has 4 aliphatic carbocycles. The number of nitrogens with one attached hydrogen (secondary N) is 1. The quantitative estimate of drug-likeness (QED) is 0.823. The summed E-state index contributed by atoms with van der Waals surface area (Å²) in [6.45, 7) is 1.52. The van der Waals surface area contributed by atoms with E-state index < -0.39 is 0 Å². The first-order valence-electron chi connectivity index (χ1n) is 10.9. The Morgan fingerprint density at radius 2 is 1.71 bits per heavy atom. The number of benzene rings is 1. The van der Waals surface area contributed by atoms with Gasteiger partial charge < -0.3 is 15.0 Å². The molecule has 1 aromatic rings. The van der Waals surface area contributed by atoms with Gasteiger partial charge in [-0.2, -0.15) is 0 Å². The van der Waals surface area contributed by atoms with Crippen LogP contribution in [0.25, 0.3) is 0 Å². The second kappa shape index (κ2) is 7.41. The molecule has 4 saturated carbocycles. The van der Waals surface area contributed by atoms with Gasteiger partial charge >= 0.3 is 0 Å². The van der Waals surface area contributed by atoms with Crippen LogP contribution in [-0.4, -0.2) is 42.5 Å². The Balaban J connectivity index is 1.12. The fourth-order valence-electron chi connectivity index (χ4n) is 6.40. The number of amides is 2. The van der Waals surface area contributed by atoms with E-state index in [0.29, 0.717) is 44.0 Å². The van der Waals surface area contributed by atoms with Crippen LogP contribution >= 0.6 is 0 Å². The van der Waals surface area contributed by atoms with Crippen molar-refractivity contribution in [3.8, 4) is 5.75 Å². The molecule has 5 fully saturated rings. The van der Waals surface area contributed by atoms with Crippen molar-refractivity contribution in [1.29, 1.82) is 0 Å². The normalized spacial score (nSPS) is 36.0. The van der Waals surface area contributed by atoms with E-state index in [0.717, 1.165) is 17.6 Å². The predicted octanol–water partition coefficient (Wildman–Crippen LogP) is 2.85. The highest BCUT2D eigenvalue weighted by atomic mass is 16.5. The lowest BCUT2D eigenvalue weighted by atomic mass is 9.54. The van der Waals surface area contributed by atoms with Gasteiger partial charge in [0.1, 0.15) is 12.4 Å². The molecule has 6 rings (SSSR count). The topological polar surface area (TPSA) is 58.6 Å². The van der Waals surface area contributed by atoms with Crippen LogP contribution in [0.2, 0.25) is 0 Å². The molecule has 4 bridgehead atoms. The molecule has 0 aromatic heterocycles. The molecule has 150 valence electrons. The average molecular weight is 383 g/mol. The van der Waals surface area contributed by atoms with E-state index in [4.69, 9.17) is 4.74 Å². The molecule has 1 N–H and O–H groups in total. The van der Waals surface area contributed by atoms with Crippen molar-refractivity contribution >= 4 is 11.8 Å². The van der Waals surface area contributed by atoms with Gasteiger partial charge in [-0.3, -0.25) is 9.59 Å². The molecule has 1 aliphatic heterocycles. The lowest BCUT2D eigenvalue weighted by molar-refractivity contribution is -0.130. The van der Waals surface area contributed by atoms with Crippen molar-refractivity contribution in [2.24, 2.45) is 29.6 Å². The summed E-state index contributed by atoms with van der Waals surface area (Å²) >= 11 is 0. The van der Waals surface area contributed by atoms with Gasteiger partial charge in [0.15, 0.2) is 0 Å². The maximum Gasteiger partial charge on any atom is 0.225 e. The third kappa shape index (κ3) is 3.51. The van der Waals surface area contributed by atoms with Crippen LogP contribution in [0.3, 0.4) is 0 Å². The molecule has 1 atom stereocenters. The molecule has 0 spiro atoms. The van der Waals surface area contributed by atoms with Crippen LogP contribution in [-0.2, 0) is 9.59 Å². The number of carbonyl (C=O) groups excluding carboxylic acids is 2. The number of hydrogen-bond acceptors (Lipinski definition) is 3. The zero-order valence-corrected chi connectivity index (χ0v) is 16.4. The zero-order chi connectivity index (χ0) is 19.1. The van der Waals surface area contributed by atoms with Gasteiger partial charge in [-0.15, -0.1) is 0 Å². The number of hydrogen-bond donors (Lipinski definition) is 1. The highest BCUT2D eigenvalue weighted by molar-refractivity contribution is 5.89. The van der Waals surface area contributed by atoms with Gasteiger partial charge in [0, 0.05) is 19.0 Å². The zero-order valence-electron chi connectivity index (χ0n) is 16.4. The van der Waals surface area contributed by atoms with Crippen LogP contribution in [0, 0.1) is 29.6 Å². The molecule has 1 aromatic carbocycles. The van der Waals surface area contributed by atoms with Crippen LogP contribution in [0.5, 0.6) is 5.75 Å². The van der Waals surface area contributed by atoms with Crippen LogP contribution in [0.15, 0.2) is 30.3 Å². The molecule has 2 amide bonds.